The Morgan fingerprint density at radius 1 is 1.41 bits per heavy atom. The third kappa shape index (κ3) is 4.22. The Morgan fingerprint density at radius 3 is 2.90 bits per heavy atom. The molecule has 0 bridgehead atoms. The second-order valence-corrected chi connectivity index (χ2v) is 8.84. The number of ether oxygens (including phenoxy) is 1. The summed E-state index contributed by atoms with van der Waals surface area (Å²) in [7, 11) is 1.86. The molecule has 1 unspecified atom stereocenters. The topological polar surface area (TPSA) is 45.7 Å². The molecular formula is C22H28FN3O2S. The summed E-state index contributed by atoms with van der Waals surface area (Å²) in [5, 5.41) is 2.02. The molecule has 0 N–H and O–H groups in total. The molecule has 5 nitrogen and oxygen atoms in total. The van der Waals surface area contributed by atoms with Crippen LogP contribution in [0.15, 0.2) is 29.1 Å². The summed E-state index contributed by atoms with van der Waals surface area (Å²) in [6.45, 7) is 5.65. The predicted molar refractivity (Wildman–Crippen MR) is 111 cm³/mol. The molecule has 0 saturated carbocycles. The summed E-state index contributed by atoms with van der Waals surface area (Å²) in [6, 6.07) is 4.99. The number of hydrogen-bond donors (Lipinski definition) is 0. The van der Waals surface area contributed by atoms with E-state index < -0.39 is 0 Å². The second-order valence-electron chi connectivity index (χ2n) is 8.12. The summed E-state index contributed by atoms with van der Waals surface area (Å²) < 4.78 is 20.0. The number of fused-ring (bicyclic) bond motifs is 2. The van der Waals surface area contributed by atoms with Gasteiger partial charge in [0.1, 0.15) is 5.82 Å². The Kier molecular flexibility index (Phi) is 5.99. The van der Waals surface area contributed by atoms with Gasteiger partial charge in [-0.1, -0.05) is 6.07 Å². The molecule has 0 aliphatic carbocycles. The Bertz CT molecular complexity index is 850. The molecule has 1 amide bonds. The minimum Gasteiger partial charge on any atom is -0.365 e. The van der Waals surface area contributed by atoms with Gasteiger partial charge in [0.2, 0.25) is 5.91 Å². The molecule has 2 aromatic rings. The summed E-state index contributed by atoms with van der Waals surface area (Å²) in [6.07, 6.45) is 2.31. The lowest BCUT2D eigenvalue weighted by atomic mass is 9.83. The lowest BCUT2D eigenvalue weighted by molar-refractivity contribution is -0.135. The van der Waals surface area contributed by atoms with Crippen LogP contribution in [-0.4, -0.2) is 53.9 Å². The highest BCUT2D eigenvalue weighted by Crippen LogP contribution is 2.44. The number of piperidine rings is 1. The molecule has 1 spiro atoms. The number of nitrogens with zero attached hydrogens (tertiary/aromatic N) is 3. The molecule has 3 heterocycles. The zero-order chi connectivity index (χ0) is 20.4. The van der Waals surface area contributed by atoms with Crippen molar-refractivity contribution in [3.05, 3.63) is 51.7 Å². The lowest BCUT2D eigenvalue weighted by Crippen LogP contribution is -2.47. The number of likely N-dealkylation sites (tertiary alicyclic amines) is 1. The Hall–Kier alpha value is -1.83. The number of carbonyl (C=O) groups is 1. The summed E-state index contributed by atoms with van der Waals surface area (Å²) in [4.78, 5) is 21.5. The highest BCUT2D eigenvalue weighted by atomic mass is 32.1. The largest absolute Gasteiger partial charge is 0.365 e. The minimum absolute atomic E-state index is 0.106. The van der Waals surface area contributed by atoms with E-state index in [0.717, 1.165) is 42.8 Å². The predicted octanol–water partition coefficient (Wildman–Crippen LogP) is 3.44. The minimum atomic E-state index is -0.372. The average Bonchev–Trinajstić information content (AvgIpc) is 3.37. The molecule has 1 atom stereocenters. The van der Waals surface area contributed by atoms with Crippen LogP contribution in [0.25, 0.3) is 0 Å². The van der Waals surface area contributed by atoms with Gasteiger partial charge in [-0.15, -0.1) is 11.3 Å². The third-order valence-corrected chi connectivity index (χ3v) is 6.98. The van der Waals surface area contributed by atoms with E-state index in [9.17, 15) is 9.18 Å². The van der Waals surface area contributed by atoms with Crippen LogP contribution in [0.2, 0.25) is 0 Å². The van der Waals surface area contributed by atoms with E-state index in [1.165, 1.54) is 6.07 Å². The normalized spacial score (nSPS) is 19.3. The number of halogens is 1. The number of aromatic nitrogens is 1. The van der Waals surface area contributed by atoms with E-state index in [1.807, 2.05) is 30.9 Å². The molecule has 2 aliphatic heterocycles. The Labute approximate surface area is 175 Å². The number of benzene rings is 1. The maximum absolute atomic E-state index is 13.8. The first kappa shape index (κ1) is 20.4. The molecule has 156 valence electrons. The number of carbonyl (C=O) groups excluding carboxylic acids is 1. The van der Waals surface area contributed by atoms with Gasteiger partial charge in [-0.05, 0) is 43.0 Å². The zero-order valence-electron chi connectivity index (χ0n) is 17.1. The molecule has 1 fully saturated rings. The van der Waals surface area contributed by atoms with Crippen molar-refractivity contribution in [3.8, 4) is 0 Å². The molecule has 2 aliphatic rings. The first-order chi connectivity index (χ1) is 14.0. The van der Waals surface area contributed by atoms with Crippen molar-refractivity contribution in [1.82, 2.24) is 14.8 Å². The Morgan fingerprint density at radius 2 is 2.21 bits per heavy atom. The van der Waals surface area contributed by atoms with Crippen LogP contribution in [0, 0.1) is 11.7 Å². The van der Waals surface area contributed by atoms with Crippen molar-refractivity contribution in [3.63, 3.8) is 0 Å². The van der Waals surface area contributed by atoms with Gasteiger partial charge in [0.05, 0.1) is 29.3 Å². The van der Waals surface area contributed by atoms with Crippen molar-refractivity contribution in [1.29, 1.82) is 0 Å². The number of amides is 1. The van der Waals surface area contributed by atoms with Crippen molar-refractivity contribution in [2.24, 2.45) is 5.92 Å². The molecule has 29 heavy (non-hydrogen) atoms. The van der Waals surface area contributed by atoms with Crippen molar-refractivity contribution >= 4 is 17.2 Å². The van der Waals surface area contributed by atoms with Crippen LogP contribution < -0.4 is 0 Å². The van der Waals surface area contributed by atoms with E-state index >= 15 is 0 Å². The van der Waals surface area contributed by atoms with Gasteiger partial charge < -0.3 is 14.5 Å². The SMILES string of the molecule is CCN(C)C(=O)C(Cc1cscn1)CN1CCC2(CC1)OCc1ccc(F)cc12. The van der Waals surface area contributed by atoms with E-state index in [0.29, 0.717) is 26.1 Å². The van der Waals surface area contributed by atoms with Crippen LogP contribution in [0.1, 0.15) is 36.6 Å². The molecule has 7 heteroatoms. The van der Waals surface area contributed by atoms with Crippen molar-refractivity contribution in [2.45, 2.75) is 38.4 Å². The number of hydrogen-bond acceptors (Lipinski definition) is 5. The van der Waals surface area contributed by atoms with Gasteiger partial charge in [-0.3, -0.25) is 4.79 Å². The first-order valence-electron chi connectivity index (χ1n) is 10.3. The summed E-state index contributed by atoms with van der Waals surface area (Å²) >= 11 is 1.56. The van der Waals surface area contributed by atoms with E-state index in [4.69, 9.17) is 4.74 Å². The van der Waals surface area contributed by atoms with Crippen LogP contribution in [0.5, 0.6) is 0 Å². The van der Waals surface area contributed by atoms with Gasteiger partial charge in [-0.2, -0.15) is 0 Å². The van der Waals surface area contributed by atoms with Crippen LogP contribution in [-0.2, 0) is 28.2 Å². The maximum atomic E-state index is 13.8. The number of rotatable bonds is 6. The van der Waals surface area contributed by atoms with Gasteiger partial charge in [-0.25, -0.2) is 9.37 Å². The van der Waals surface area contributed by atoms with E-state index in [1.54, 1.807) is 22.3 Å². The Balaban J connectivity index is 1.43. The van der Waals surface area contributed by atoms with Crippen LogP contribution >= 0.6 is 11.3 Å². The fourth-order valence-corrected chi connectivity index (χ4v) is 5.07. The molecule has 0 radical (unpaired) electrons. The summed E-state index contributed by atoms with van der Waals surface area (Å²) in [5.41, 5.74) is 4.54. The first-order valence-corrected chi connectivity index (χ1v) is 11.2. The van der Waals surface area contributed by atoms with Crippen LogP contribution in [0.3, 0.4) is 0 Å². The second kappa shape index (κ2) is 8.50. The quantitative estimate of drug-likeness (QED) is 0.722. The van der Waals surface area contributed by atoms with Crippen molar-refractivity contribution in [2.75, 3.05) is 33.2 Å². The molecule has 1 aromatic carbocycles. The van der Waals surface area contributed by atoms with Gasteiger partial charge in [0.25, 0.3) is 0 Å². The van der Waals surface area contributed by atoms with E-state index in [-0.39, 0.29) is 23.2 Å². The average molecular weight is 418 g/mol. The highest BCUT2D eigenvalue weighted by Gasteiger charge is 2.43. The molecule has 4 rings (SSSR count). The maximum Gasteiger partial charge on any atom is 0.227 e. The fourth-order valence-electron chi connectivity index (χ4n) is 4.50. The van der Waals surface area contributed by atoms with Gasteiger partial charge in [0, 0.05) is 45.0 Å². The monoisotopic (exact) mass is 417 g/mol. The zero-order valence-corrected chi connectivity index (χ0v) is 17.9. The molecule has 1 aromatic heterocycles. The summed E-state index contributed by atoms with van der Waals surface area (Å²) in [5.74, 6) is -0.136. The molecule has 1 saturated heterocycles. The fraction of sp³-hybridized carbons (Fsp3) is 0.545. The number of thiazole rings is 1. The van der Waals surface area contributed by atoms with Crippen LogP contribution in [0.4, 0.5) is 4.39 Å². The third-order valence-electron chi connectivity index (χ3n) is 6.35. The smallest absolute Gasteiger partial charge is 0.227 e. The van der Waals surface area contributed by atoms with E-state index in [2.05, 4.69) is 9.88 Å². The lowest BCUT2D eigenvalue weighted by Gasteiger charge is -2.40. The highest BCUT2D eigenvalue weighted by molar-refractivity contribution is 7.07. The van der Waals surface area contributed by atoms with Crippen molar-refractivity contribution < 1.29 is 13.9 Å². The van der Waals surface area contributed by atoms with Gasteiger partial charge in [0.15, 0.2) is 0 Å². The molecular weight excluding hydrogens is 389 g/mol. The van der Waals surface area contributed by atoms with Gasteiger partial charge >= 0.3 is 0 Å². The standard InChI is InChI=1S/C22H28FN3O2S/c1-3-25(2)21(27)17(10-19-14-29-15-24-19)12-26-8-6-22(7-9-26)20-11-18(23)5-4-16(20)13-28-22/h4-5,11,14-15,17H,3,6-10,12-13H2,1-2H3.